The molecule has 1 saturated heterocycles. The summed E-state index contributed by atoms with van der Waals surface area (Å²) in [6.45, 7) is 6.55. The van der Waals surface area contributed by atoms with Gasteiger partial charge in [-0.2, -0.15) is 5.10 Å². The third kappa shape index (κ3) is 5.01. The molecule has 0 bridgehead atoms. The van der Waals surface area contributed by atoms with E-state index < -0.39 is 0 Å². The molecule has 178 valence electrons. The molecule has 2 aromatic heterocycles. The van der Waals surface area contributed by atoms with Crippen LogP contribution in [0.2, 0.25) is 0 Å². The fourth-order valence-electron chi connectivity index (χ4n) is 6.21. The van der Waals surface area contributed by atoms with E-state index >= 15 is 0 Å². The van der Waals surface area contributed by atoms with Crippen LogP contribution in [0.5, 0.6) is 0 Å². The summed E-state index contributed by atoms with van der Waals surface area (Å²) in [4.78, 5) is 20.0. The van der Waals surface area contributed by atoms with Crippen LogP contribution in [0.1, 0.15) is 92.9 Å². The molecule has 0 spiro atoms. The highest BCUT2D eigenvalue weighted by atomic mass is 16.1. The predicted molar refractivity (Wildman–Crippen MR) is 131 cm³/mol. The number of nitrogens with zero attached hydrogens (tertiary/aromatic N) is 4. The Kier molecular flexibility index (Phi) is 6.81. The van der Waals surface area contributed by atoms with Gasteiger partial charge in [0, 0.05) is 36.5 Å². The topological polar surface area (TPSA) is 62.5 Å². The summed E-state index contributed by atoms with van der Waals surface area (Å²) in [6.07, 6.45) is 16.8. The molecule has 2 atom stereocenters. The van der Waals surface area contributed by atoms with Crippen LogP contribution in [0, 0.1) is 19.8 Å². The van der Waals surface area contributed by atoms with Gasteiger partial charge in [0.05, 0.1) is 11.7 Å². The van der Waals surface area contributed by atoms with Crippen molar-refractivity contribution in [3.63, 3.8) is 0 Å². The molecule has 2 aliphatic carbocycles. The fourth-order valence-corrected chi connectivity index (χ4v) is 6.21. The summed E-state index contributed by atoms with van der Waals surface area (Å²) >= 11 is 0. The lowest BCUT2D eigenvalue weighted by Gasteiger charge is -2.28. The van der Waals surface area contributed by atoms with Crippen molar-refractivity contribution in [2.24, 2.45) is 5.92 Å². The zero-order valence-electron chi connectivity index (χ0n) is 20.4. The highest BCUT2D eigenvalue weighted by Gasteiger charge is 2.30. The Morgan fingerprint density at radius 3 is 2.76 bits per heavy atom. The average Bonchev–Trinajstić information content (AvgIpc) is 3.55. The second-order valence-corrected chi connectivity index (χ2v) is 10.5. The van der Waals surface area contributed by atoms with Crippen LogP contribution in [0.25, 0.3) is 5.65 Å². The Bertz CT molecular complexity index is 1020. The zero-order valence-corrected chi connectivity index (χ0v) is 20.4. The molecule has 33 heavy (non-hydrogen) atoms. The standard InChI is InChI=1S/C27H39N5O/c1-19-23(14-15-27(33)29-22-11-6-7-12-22)20(2)32-26(28-19)17-24(30-32)25-13-8-16-31(25)18-21-9-4-3-5-10-21/h3-4,17,21-22,25H,5-16,18H2,1-2H3,(H,29,33)/t21-,25+/m0/s1. The minimum Gasteiger partial charge on any atom is -0.353 e. The van der Waals surface area contributed by atoms with E-state index in [1.807, 2.05) is 4.52 Å². The second kappa shape index (κ2) is 9.96. The van der Waals surface area contributed by atoms with Gasteiger partial charge in [-0.1, -0.05) is 25.0 Å². The first kappa shape index (κ1) is 22.6. The van der Waals surface area contributed by atoms with Gasteiger partial charge in [-0.05, 0) is 83.2 Å². The van der Waals surface area contributed by atoms with Crippen LogP contribution in [0.3, 0.4) is 0 Å². The first-order chi connectivity index (χ1) is 16.1. The van der Waals surface area contributed by atoms with Gasteiger partial charge >= 0.3 is 0 Å². The first-order valence-corrected chi connectivity index (χ1v) is 13.1. The Morgan fingerprint density at radius 2 is 1.97 bits per heavy atom. The number of fused-ring (bicyclic) bond motifs is 1. The van der Waals surface area contributed by atoms with E-state index in [0.717, 1.165) is 53.5 Å². The number of aromatic nitrogens is 3. The number of carbonyl (C=O) groups excluding carboxylic acids is 1. The van der Waals surface area contributed by atoms with Gasteiger partial charge < -0.3 is 5.32 Å². The maximum absolute atomic E-state index is 12.5. The summed E-state index contributed by atoms with van der Waals surface area (Å²) in [5.41, 5.74) is 5.41. The second-order valence-electron chi connectivity index (χ2n) is 10.5. The van der Waals surface area contributed by atoms with E-state index in [0.29, 0.717) is 18.5 Å². The van der Waals surface area contributed by atoms with E-state index in [-0.39, 0.29) is 5.91 Å². The maximum atomic E-state index is 12.5. The number of hydrogen-bond donors (Lipinski definition) is 1. The zero-order chi connectivity index (χ0) is 22.8. The molecule has 1 aliphatic heterocycles. The van der Waals surface area contributed by atoms with E-state index in [2.05, 4.69) is 42.3 Å². The van der Waals surface area contributed by atoms with Crippen LogP contribution in [-0.2, 0) is 11.2 Å². The van der Waals surface area contributed by atoms with Gasteiger partial charge in [0.15, 0.2) is 5.65 Å². The van der Waals surface area contributed by atoms with Crippen molar-refractivity contribution in [3.8, 4) is 0 Å². The van der Waals surface area contributed by atoms with Gasteiger partial charge in [0.25, 0.3) is 0 Å². The van der Waals surface area contributed by atoms with Gasteiger partial charge in [-0.25, -0.2) is 9.50 Å². The van der Waals surface area contributed by atoms with Crippen LogP contribution in [-0.4, -0.2) is 44.5 Å². The SMILES string of the molecule is Cc1nc2cc([C@H]3CCCN3C[C@H]3CC=CCC3)nn2c(C)c1CCC(=O)NC1CCCC1. The fraction of sp³-hybridized carbons (Fsp3) is 0.667. The summed E-state index contributed by atoms with van der Waals surface area (Å²) < 4.78 is 2.02. The number of carbonyl (C=O) groups is 1. The van der Waals surface area contributed by atoms with Crippen molar-refractivity contribution in [1.82, 2.24) is 24.8 Å². The van der Waals surface area contributed by atoms with Crippen molar-refractivity contribution in [2.45, 2.75) is 96.6 Å². The average molecular weight is 450 g/mol. The monoisotopic (exact) mass is 449 g/mol. The molecule has 2 fully saturated rings. The lowest BCUT2D eigenvalue weighted by Crippen LogP contribution is -2.32. The molecule has 1 amide bonds. The van der Waals surface area contributed by atoms with Crippen LogP contribution in [0.15, 0.2) is 18.2 Å². The molecular formula is C27H39N5O. The summed E-state index contributed by atoms with van der Waals surface area (Å²) in [7, 11) is 0. The summed E-state index contributed by atoms with van der Waals surface area (Å²) in [5.74, 6) is 0.942. The Balaban J connectivity index is 1.29. The molecule has 0 unspecified atom stereocenters. The number of amides is 1. The highest BCUT2D eigenvalue weighted by molar-refractivity contribution is 5.76. The Labute approximate surface area is 197 Å². The largest absolute Gasteiger partial charge is 0.353 e. The van der Waals surface area contributed by atoms with E-state index in [1.165, 1.54) is 58.0 Å². The molecule has 0 aromatic carbocycles. The Morgan fingerprint density at radius 1 is 1.12 bits per heavy atom. The van der Waals surface area contributed by atoms with Crippen molar-refractivity contribution in [3.05, 3.63) is 40.9 Å². The molecule has 3 aliphatic rings. The van der Waals surface area contributed by atoms with Crippen molar-refractivity contribution in [1.29, 1.82) is 0 Å². The highest BCUT2D eigenvalue weighted by Crippen LogP contribution is 2.34. The van der Waals surface area contributed by atoms with Crippen LogP contribution < -0.4 is 5.32 Å². The molecule has 6 heteroatoms. The number of likely N-dealkylation sites (tertiary alicyclic amines) is 1. The molecule has 5 rings (SSSR count). The van der Waals surface area contributed by atoms with Gasteiger partial charge in [0.1, 0.15) is 0 Å². The van der Waals surface area contributed by atoms with Gasteiger partial charge in [-0.3, -0.25) is 9.69 Å². The molecule has 1 N–H and O–H groups in total. The predicted octanol–water partition coefficient (Wildman–Crippen LogP) is 4.83. The summed E-state index contributed by atoms with van der Waals surface area (Å²) in [5, 5.41) is 8.26. The summed E-state index contributed by atoms with van der Waals surface area (Å²) in [6, 6.07) is 2.98. The Hall–Kier alpha value is -2.21. The lowest BCUT2D eigenvalue weighted by atomic mass is 9.93. The lowest BCUT2D eigenvalue weighted by molar-refractivity contribution is -0.121. The van der Waals surface area contributed by atoms with Crippen molar-refractivity contribution >= 4 is 11.6 Å². The van der Waals surface area contributed by atoms with E-state index in [1.54, 1.807) is 0 Å². The number of hydrogen-bond acceptors (Lipinski definition) is 4. The first-order valence-electron chi connectivity index (χ1n) is 13.1. The maximum Gasteiger partial charge on any atom is 0.220 e. The van der Waals surface area contributed by atoms with Gasteiger partial charge in [-0.15, -0.1) is 0 Å². The normalized spacial score (nSPS) is 24.2. The third-order valence-corrected chi connectivity index (χ3v) is 8.08. The quantitative estimate of drug-likeness (QED) is 0.615. The van der Waals surface area contributed by atoms with Crippen LogP contribution in [0.4, 0.5) is 0 Å². The number of rotatable bonds is 7. The molecule has 0 radical (unpaired) electrons. The molecule has 6 nitrogen and oxygen atoms in total. The van der Waals surface area contributed by atoms with E-state index in [4.69, 9.17) is 10.1 Å². The molecule has 3 heterocycles. The minimum atomic E-state index is 0.168. The van der Waals surface area contributed by atoms with Gasteiger partial charge in [0.2, 0.25) is 5.91 Å². The van der Waals surface area contributed by atoms with Crippen molar-refractivity contribution in [2.75, 3.05) is 13.1 Å². The third-order valence-electron chi connectivity index (χ3n) is 8.08. The smallest absolute Gasteiger partial charge is 0.220 e. The molecule has 2 aromatic rings. The number of nitrogens with one attached hydrogen (secondary N) is 1. The number of aryl methyl sites for hydroxylation is 2. The molecular weight excluding hydrogens is 410 g/mol. The number of allylic oxidation sites excluding steroid dienone is 2. The van der Waals surface area contributed by atoms with Crippen LogP contribution >= 0.6 is 0 Å². The van der Waals surface area contributed by atoms with Crippen molar-refractivity contribution < 1.29 is 4.79 Å². The molecule has 1 saturated carbocycles. The van der Waals surface area contributed by atoms with E-state index in [9.17, 15) is 4.79 Å². The minimum absolute atomic E-state index is 0.168.